The van der Waals surface area contributed by atoms with Gasteiger partial charge >= 0.3 is 5.97 Å². The molecule has 1 fully saturated rings. The third kappa shape index (κ3) is 2.07. The lowest BCUT2D eigenvalue weighted by Gasteiger charge is -2.42. The third-order valence-electron chi connectivity index (χ3n) is 3.35. The number of aliphatic carboxylic acids is 1. The number of carboxylic acids is 1. The smallest absolute Gasteiger partial charge is 0.323 e. The Morgan fingerprint density at radius 1 is 1.36 bits per heavy atom. The van der Waals surface area contributed by atoms with Crippen LogP contribution in [0.5, 0.6) is 0 Å². The fourth-order valence-electron chi connectivity index (χ4n) is 1.81. The van der Waals surface area contributed by atoms with Gasteiger partial charge in [0.2, 0.25) is 0 Å². The maximum atomic E-state index is 11.2. The van der Waals surface area contributed by atoms with E-state index in [0.29, 0.717) is 6.42 Å². The largest absolute Gasteiger partial charge is 0.480 e. The van der Waals surface area contributed by atoms with Crippen LogP contribution in [0, 0.1) is 0 Å². The van der Waals surface area contributed by atoms with E-state index in [1.165, 1.54) is 0 Å². The summed E-state index contributed by atoms with van der Waals surface area (Å²) >= 11 is 0. The average Bonchev–Trinajstić information content (AvgIpc) is 2.17. The minimum Gasteiger partial charge on any atom is -0.480 e. The Bertz CT molecular complexity index is 212. The summed E-state index contributed by atoms with van der Waals surface area (Å²) < 4.78 is 0. The summed E-state index contributed by atoms with van der Waals surface area (Å²) in [6, 6.07) is 0. The van der Waals surface area contributed by atoms with Crippen LogP contribution in [0.15, 0.2) is 0 Å². The molecule has 14 heavy (non-hydrogen) atoms. The molecule has 1 saturated heterocycles. The second-order valence-corrected chi connectivity index (χ2v) is 4.22. The molecule has 0 aromatic carbocycles. The Morgan fingerprint density at radius 3 is 2.21 bits per heavy atom. The predicted octanol–water partition coefficient (Wildman–Crippen LogP) is 0.487. The van der Waals surface area contributed by atoms with E-state index in [4.69, 9.17) is 0 Å². The fourth-order valence-corrected chi connectivity index (χ4v) is 1.81. The summed E-state index contributed by atoms with van der Waals surface area (Å²) in [5.41, 5.74) is -0.679. The van der Waals surface area contributed by atoms with Crippen LogP contribution in [0.2, 0.25) is 0 Å². The molecule has 1 aliphatic heterocycles. The number of rotatable bonds is 3. The van der Waals surface area contributed by atoms with Crippen LogP contribution in [0.4, 0.5) is 0 Å². The molecule has 1 N–H and O–H groups in total. The molecule has 4 heteroatoms. The zero-order valence-corrected chi connectivity index (χ0v) is 9.29. The lowest BCUT2D eigenvalue weighted by Crippen LogP contribution is -2.58. The number of piperazine rings is 1. The first-order chi connectivity index (χ1) is 6.50. The van der Waals surface area contributed by atoms with E-state index in [1.807, 2.05) is 13.8 Å². The van der Waals surface area contributed by atoms with Crippen molar-refractivity contribution in [2.75, 3.05) is 33.2 Å². The molecule has 0 aromatic heterocycles. The molecular formula is C10H20N2O2. The summed E-state index contributed by atoms with van der Waals surface area (Å²) in [6.45, 7) is 7.39. The predicted molar refractivity (Wildman–Crippen MR) is 55.4 cm³/mol. The summed E-state index contributed by atoms with van der Waals surface area (Å²) in [4.78, 5) is 15.5. The van der Waals surface area contributed by atoms with Crippen molar-refractivity contribution in [3.63, 3.8) is 0 Å². The maximum Gasteiger partial charge on any atom is 0.323 e. The molecule has 1 aliphatic rings. The molecule has 0 aromatic rings. The van der Waals surface area contributed by atoms with Gasteiger partial charge in [0, 0.05) is 26.2 Å². The van der Waals surface area contributed by atoms with E-state index in [9.17, 15) is 9.90 Å². The van der Waals surface area contributed by atoms with Crippen LogP contribution in [-0.2, 0) is 4.79 Å². The zero-order chi connectivity index (χ0) is 10.8. The molecule has 0 saturated carbocycles. The summed E-state index contributed by atoms with van der Waals surface area (Å²) in [5, 5.41) is 9.20. The van der Waals surface area contributed by atoms with Crippen LogP contribution < -0.4 is 0 Å². The van der Waals surface area contributed by atoms with E-state index in [-0.39, 0.29) is 0 Å². The highest BCUT2D eigenvalue weighted by atomic mass is 16.4. The third-order valence-corrected chi connectivity index (χ3v) is 3.35. The number of carbonyl (C=O) groups is 1. The highest BCUT2D eigenvalue weighted by Gasteiger charge is 2.38. The first kappa shape index (κ1) is 11.5. The SMILES string of the molecule is CC[C@](C)(C(=O)O)N1CCN(C)CC1. The molecule has 0 unspecified atom stereocenters. The number of hydrogen-bond acceptors (Lipinski definition) is 3. The average molecular weight is 200 g/mol. The van der Waals surface area contributed by atoms with Crippen molar-refractivity contribution >= 4 is 5.97 Å². The fraction of sp³-hybridized carbons (Fsp3) is 0.900. The molecule has 82 valence electrons. The number of carboxylic acid groups (broad SMARTS) is 1. The van der Waals surface area contributed by atoms with E-state index >= 15 is 0 Å². The standard InChI is InChI=1S/C10H20N2O2/c1-4-10(2,9(13)14)12-7-5-11(3)6-8-12/h4-8H2,1-3H3,(H,13,14)/t10-/m1/s1. The van der Waals surface area contributed by atoms with Crippen molar-refractivity contribution in [2.45, 2.75) is 25.8 Å². The summed E-state index contributed by atoms with van der Waals surface area (Å²) in [6.07, 6.45) is 0.659. The van der Waals surface area contributed by atoms with Crippen molar-refractivity contribution < 1.29 is 9.90 Å². The minimum atomic E-state index is -0.704. The van der Waals surface area contributed by atoms with Gasteiger partial charge in [0.15, 0.2) is 0 Å². The molecule has 1 atom stereocenters. The number of hydrogen-bond donors (Lipinski definition) is 1. The molecule has 4 nitrogen and oxygen atoms in total. The first-order valence-electron chi connectivity index (χ1n) is 5.17. The molecule has 0 spiro atoms. The van der Waals surface area contributed by atoms with Gasteiger partial charge in [-0.1, -0.05) is 6.92 Å². The lowest BCUT2D eigenvalue weighted by atomic mass is 9.95. The van der Waals surface area contributed by atoms with Gasteiger partial charge in [0.1, 0.15) is 5.54 Å². The quantitative estimate of drug-likeness (QED) is 0.720. The van der Waals surface area contributed by atoms with Crippen LogP contribution in [0.25, 0.3) is 0 Å². The molecule has 0 aliphatic carbocycles. The van der Waals surface area contributed by atoms with Gasteiger partial charge in [-0.2, -0.15) is 0 Å². The molecule has 0 radical (unpaired) electrons. The van der Waals surface area contributed by atoms with Gasteiger partial charge in [-0.25, -0.2) is 0 Å². The van der Waals surface area contributed by atoms with Crippen LogP contribution >= 0.6 is 0 Å². The molecule has 0 amide bonds. The van der Waals surface area contributed by atoms with Gasteiger partial charge in [-0.3, -0.25) is 9.69 Å². The number of likely N-dealkylation sites (N-methyl/N-ethyl adjacent to an activating group) is 1. The normalized spacial score (nSPS) is 24.5. The topological polar surface area (TPSA) is 43.8 Å². The highest BCUT2D eigenvalue weighted by Crippen LogP contribution is 2.21. The maximum absolute atomic E-state index is 11.2. The Labute approximate surface area is 85.5 Å². The van der Waals surface area contributed by atoms with Crippen molar-refractivity contribution in [3.05, 3.63) is 0 Å². The summed E-state index contributed by atoms with van der Waals surface area (Å²) in [7, 11) is 2.07. The second kappa shape index (κ2) is 4.28. The van der Waals surface area contributed by atoms with Crippen molar-refractivity contribution in [3.8, 4) is 0 Å². The highest BCUT2D eigenvalue weighted by molar-refractivity contribution is 5.78. The monoisotopic (exact) mass is 200 g/mol. The van der Waals surface area contributed by atoms with Crippen molar-refractivity contribution in [1.29, 1.82) is 0 Å². The number of nitrogens with zero attached hydrogens (tertiary/aromatic N) is 2. The Balaban J connectivity index is 2.66. The first-order valence-corrected chi connectivity index (χ1v) is 5.17. The zero-order valence-electron chi connectivity index (χ0n) is 9.29. The minimum absolute atomic E-state index is 0.659. The van der Waals surface area contributed by atoms with E-state index in [2.05, 4.69) is 16.8 Å². The van der Waals surface area contributed by atoms with Gasteiger partial charge < -0.3 is 10.0 Å². The molecule has 0 bridgehead atoms. The Kier molecular flexibility index (Phi) is 3.50. The van der Waals surface area contributed by atoms with Gasteiger partial charge in [0.25, 0.3) is 0 Å². The van der Waals surface area contributed by atoms with Crippen LogP contribution in [0.3, 0.4) is 0 Å². The second-order valence-electron chi connectivity index (χ2n) is 4.22. The van der Waals surface area contributed by atoms with Crippen LogP contribution in [-0.4, -0.2) is 59.6 Å². The van der Waals surface area contributed by atoms with E-state index in [0.717, 1.165) is 26.2 Å². The van der Waals surface area contributed by atoms with Crippen molar-refractivity contribution in [1.82, 2.24) is 9.80 Å². The Morgan fingerprint density at radius 2 is 1.86 bits per heavy atom. The van der Waals surface area contributed by atoms with E-state index < -0.39 is 11.5 Å². The Hall–Kier alpha value is -0.610. The molecule has 1 rings (SSSR count). The lowest BCUT2D eigenvalue weighted by molar-refractivity contribution is -0.152. The van der Waals surface area contributed by atoms with E-state index in [1.54, 1.807) is 0 Å². The molecule has 1 heterocycles. The van der Waals surface area contributed by atoms with Crippen molar-refractivity contribution in [2.24, 2.45) is 0 Å². The molecular weight excluding hydrogens is 180 g/mol. The van der Waals surface area contributed by atoms with Crippen LogP contribution in [0.1, 0.15) is 20.3 Å². The van der Waals surface area contributed by atoms with Gasteiger partial charge in [0.05, 0.1) is 0 Å². The summed E-state index contributed by atoms with van der Waals surface area (Å²) in [5.74, 6) is -0.704. The van der Waals surface area contributed by atoms with Gasteiger partial charge in [-0.05, 0) is 20.4 Å². The van der Waals surface area contributed by atoms with Gasteiger partial charge in [-0.15, -0.1) is 0 Å².